The Labute approximate surface area is 102 Å². The van der Waals surface area contributed by atoms with Crippen molar-refractivity contribution in [2.75, 3.05) is 14.2 Å². The van der Waals surface area contributed by atoms with Crippen LogP contribution in [0.1, 0.15) is 24.5 Å². The zero-order chi connectivity index (χ0) is 11.4. The summed E-state index contributed by atoms with van der Waals surface area (Å²) in [7, 11) is 3.20. The van der Waals surface area contributed by atoms with Crippen molar-refractivity contribution in [2.24, 2.45) is 0 Å². The summed E-state index contributed by atoms with van der Waals surface area (Å²) in [5, 5.41) is 0.371. The molecule has 1 aromatic heterocycles. The maximum absolute atomic E-state index is 5.95. The van der Waals surface area contributed by atoms with Crippen molar-refractivity contribution in [3.05, 3.63) is 21.1 Å². The summed E-state index contributed by atoms with van der Waals surface area (Å²) in [6.07, 6.45) is -0.189. The molecule has 0 saturated heterocycles. The molecule has 0 radical (unpaired) electrons. The van der Waals surface area contributed by atoms with Gasteiger partial charge < -0.3 is 9.47 Å². The molecule has 84 valence electrons. The molecular formula is C9H12BrClN2O2. The van der Waals surface area contributed by atoms with Gasteiger partial charge in [-0.1, -0.05) is 11.6 Å². The van der Waals surface area contributed by atoms with E-state index in [0.717, 1.165) is 5.69 Å². The van der Waals surface area contributed by atoms with Gasteiger partial charge in [-0.15, -0.1) is 0 Å². The lowest BCUT2D eigenvalue weighted by atomic mass is 10.3. The first-order valence-corrected chi connectivity index (χ1v) is 5.50. The van der Waals surface area contributed by atoms with Gasteiger partial charge in [-0.2, -0.15) is 0 Å². The molecule has 0 aliphatic carbocycles. The average molecular weight is 296 g/mol. The Morgan fingerprint density at radius 1 is 1.40 bits per heavy atom. The minimum Gasteiger partial charge on any atom is -0.378 e. The predicted molar refractivity (Wildman–Crippen MR) is 60.9 cm³/mol. The first kappa shape index (κ1) is 12.8. The number of methoxy groups -OCH3 is 2. The van der Waals surface area contributed by atoms with Crippen LogP contribution in [-0.4, -0.2) is 24.2 Å². The first-order chi connectivity index (χ1) is 7.10. The van der Waals surface area contributed by atoms with Crippen LogP contribution in [0.2, 0.25) is 5.15 Å². The van der Waals surface area contributed by atoms with Crippen LogP contribution in [0.5, 0.6) is 0 Å². The van der Waals surface area contributed by atoms with Crippen molar-refractivity contribution < 1.29 is 9.47 Å². The standard InChI is InChI=1S/C9H12BrClN2O2/c1-5(15-3)9-12-6(4-14-2)7(10)8(11)13-9/h5H,4H2,1-3H3. The number of rotatable bonds is 4. The van der Waals surface area contributed by atoms with Crippen LogP contribution in [-0.2, 0) is 16.1 Å². The van der Waals surface area contributed by atoms with E-state index >= 15 is 0 Å². The highest BCUT2D eigenvalue weighted by Gasteiger charge is 2.14. The Kier molecular flexibility index (Phi) is 4.92. The molecule has 1 atom stereocenters. The summed E-state index contributed by atoms with van der Waals surface area (Å²) in [6, 6.07) is 0. The molecule has 1 unspecified atom stereocenters. The van der Waals surface area contributed by atoms with E-state index < -0.39 is 0 Å². The number of hydrogen-bond acceptors (Lipinski definition) is 4. The lowest BCUT2D eigenvalue weighted by Gasteiger charge is -2.11. The van der Waals surface area contributed by atoms with Crippen molar-refractivity contribution in [3.8, 4) is 0 Å². The minimum absolute atomic E-state index is 0.189. The Morgan fingerprint density at radius 2 is 2.07 bits per heavy atom. The monoisotopic (exact) mass is 294 g/mol. The summed E-state index contributed by atoms with van der Waals surface area (Å²) >= 11 is 9.26. The summed E-state index contributed by atoms with van der Waals surface area (Å²) in [4.78, 5) is 8.41. The number of ether oxygens (including phenoxy) is 2. The van der Waals surface area contributed by atoms with Gasteiger partial charge in [-0.25, -0.2) is 9.97 Å². The Hall–Kier alpha value is -0.230. The van der Waals surface area contributed by atoms with Crippen molar-refractivity contribution in [1.29, 1.82) is 0 Å². The van der Waals surface area contributed by atoms with E-state index in [4.69, 9.17) is 21.1 Å². The van der Waals surface area contributed by atoms with Crippen molar-refractivity contribution in [2.45, 2.75) is 19.6 Å². The second-order valence-electron chi connectivity index (χ2n) is 2.94. The fourth-order valence-electron chi connectivity index (χ4n) is 1.00. The van der Waals surface area contributed by atoms with Gasteiger partial charge in [0.15, 0.2) is 5.82 Å². The highest BCUT2D eigenvalue weighted by atomic mass is 79.9. The fraction of sp³-hybridized carbons (Fsp3) is 0.556. The number of hydrogen-bond donors (Lipinski definition) is 0. The predicted octanol–water partition coefficient (Wildman–Crippen LogP) is 2.75. The molecule has 0 aliphatic rings. The van der Waals surface area contributed by atoms with E-state index in [2.05, 4.69) is 25.9 Å². The van der Waals surface area contributed by atoms with Crippen molar-refractivity contribution in [1.82, 2.24) is 9.97 Å². The van der Waals surface area contributed by atoms with E-state index in [9.17, 15) is 0 Å². The zero-order valence-corrected chi connectivity index (χ0v) is 11.1. The third kappa shape index (κ3) is 3.11. The van der Waals surface area contributed by atoms with Crippen LogP contribution in [0.25, 0.3) is 0 Å². The normalized spacial score (nSPS) is 12.9. The molecule has 1 aromatic rings. The smallest absolute Gasteiger partial charge is 0.158 e. The molecular weight excluding hydrogens is 283 g/mol. The second kappa shape index (κ2) is 5.75. The van der Waals surface area contributed by atoms with E-state index in [0.29, 0.717) is 22.1 Å². The summed E-state index contributed by atoms with van der Waals surface area (Å²) in [6.45, 7) is 2.24. The third-order valence-electron chi connectivity index (χ3n) is 1.89. The van der Waals surface area contributed by atoms with Crippen molar-refractivity contribution in [3.63, 3.8) is 0 Å². The molecule has 0 bridgehead atoms. The maximum atomic E-state index is 5.95. The van der Waals surface area contributed by atoms with Crippen LogP contribution in [0.4, 0.5) is 0 Å². The van der Waals surface area contributed by atoms with Gasteiger partial charge in [0.1, 0.15) is 11.3 Å². The molecule has 0 fully saturated rings. The third-order valence-corrected chi connectivity index (χ3v) is 3.23. The van der Waals surface area contributed by atoms with Crippen molar-refractivity contribution >= 4 is 27.5 Å². The quantitative estimate of drug-likeness (QED) is 0.801. The van der Waals surface area contributed by atoms with Gasteiger partial charge >= 0.3 is 0 Å². The number of aromatic nitrogens is 2. The van der Waals surface area contributed by atoms with Crippen LogP contribution >= 0.6 is 27.5 Å². The molecule has 4 nitrogen and oxygen atoms in total. The molecule has 0 spiro atoms. The number of halogens is 2. The molecule has 0 N–H and O–H groups in total. The summed E-state index contributed by atoms with van der Waals surface area (Å²) < 4.78 is 10.8. The Bertz CT molecular complexity index is 349. The number of nitrogens with zero attached hydrogens (tertiary/aromatic N) is 2. The highest BCUT2D eigenvalue weighted by molar-refractivity contribution is 9.10. The zero-order valence-electron chi connectivity index (χ0n) is 8.75. The fourth-order valence-corrected chi connectivity index (χ4v) is 1.49. The molecule has 0 aromatic carbocycles. The summed E-state index contributed by atoms with van der Waals surface area (Å²) in [5.41, 5.74) is 0.719. The van der Waals surface area contributed by atoms with Gasteiger partial charge in [0, 0.05) is 14.2 Å². The van der Waals surface area contributed by atoms with Gasteiger partial charge in [0.05, 0.1) is 16.8 Å². The first-order valence-electron chi connectivity index (χ1n) is 4.33. The molecule has 1 rings (SSSR count). The lowest BCUT2D eigenvalue weighted by Crippen LogP contribution is -2.07. The van der Waals surface area contributed by atoms with Crippen LogP contribution in [0, 0.1) is 0 Å². The van der Waals surface area contributed by atoms with Gasteiger partial charge in [0.25, 0.3) is 0 Å². The van der Waals surface area contributed by atoms with E-state index in [1.165, 1.54) is 0 Å². The molecule has 0 aliphatic heterocycles. The van der Waals surface area contributed by atoms with Gasteiger partial charge in [-0.05, 0) is 22.9 Å². The average Bonchev–Trinajstić information content (AvgIpc) is 2.23. The van der Waals surface area contributed by atoms with Gasteiger partial charge in [-0.3, -0.25) is 0 Å². The maximum Gasteiger partial charge on any atom is 0.158 e. The van der Waals surface area contributed by atoms with E-state index in [1.807, 2.05) is 6.92 Å². The van der Waals surface area contributed by atoms with E-state index in [-0.39, 0.29) is 6.10 Å². The van der Waals surface area contributed by atoms with Crippen LogP contribution in [0.15, 0.2) is 4.47 Å². The Balaban J connectivity index is 3.11. The SMILES string of the molecule is COCc1nc(C(C)OC)nc(Cl)c1Br. The minimum atomic E-state index is -0.189. The lowest BCUT2D eigenvalue weighted by molar-refractivity contribution is 0.111. The van der Waals surface area contributed by atoms with Gasteiger partial charge in [0.2, 0.25) is 0 Å². The van der Waals surface area contributed by atoms with Crippen LogP contribution in [0.3, 0.4) is 0 Å². The largest absolute Gasteiger partial charge is 0.378 e. The second-order valence-corrected chi connectivity index (χ2v) is 4.10. The molecule has 0 saturated carbocycles. The molecule has 1 heterocycles. The van der Waals surface area contributed by atoms with Crippen LogP contribution < -0.4 is 0 Å². The highest BCUT2D eigenvalue weighted by Crippen LogP contribution is 2.26. The van der Waals surface area contributed by atoms with E-state index in [1.54, 1.807) is 14.2 Å². The topological polar surface area (TPSA) is 44.2 Å². The Morgan fingerprint density at radius 3 is 2.60 bits per heavy atom. The molecule has 15 heavy (non-hydrogen) atoms. The summed E-state index contributed by atoms with van der Waals surface area (Å²) in [5.74, 6) is 0.553. The molecule has 6 heteroatoms. The molecule has 0 amide bonds.